The Morgan fingerprint density at radius 3 is 2.47 bits per heavy atom. The van der Waals surface area contributed by atoms with Gasteiger partial charge in [0, 0.05) is 43.0 Å². The summed E-state index contributed by atoms with van der Waals surface area (Å²) in [5.74, 6) is 0.152. The number of aryl methyl sites for hydroxylation is 2. The lowest BCUT2D eigenvalue weighted by molar-refractivity contribution is -0.140. The summed E-state index contributed by atoms with van der Waals surface area (Å²) < 4.78 is 1.42. The molecule has 0 atom stereocenters. The van der Waals surface area contributed by atoms with Crippen LogP contribution in [-0.2, 0) is 16.1 Å². The van der Waals surface area contributed by atoms with Gasteiger partial charge in [0.25, 0.3) is 5.56 Å². The first-order valence-corrected chi connectivity index (χ1v) is 12.9. The summed E-state index contributed by atoms with van der Waals surface area (Å²) in [4.78, 5) is 47.9. The first kappa shape index (κ1) is 22.8. The summed E-state index contributed by atoms with van der Waals surface area (Å²) in [5, 5.41) is 2.54. The van der Waals surface area contributed by atoms with Crippen LogP contribution in [0.25, 0.3) is 21.3 Å². The average molecular weight is 479 g/mol. The van der Waals surface area contributed by atoms with Crippen LogP contribution in [0.4, 0.5) is 0 Å². The molecule has 2 aliphatic heterocycles. The minimum Gasteiger partial charge on any atom is -0.342 e. The first-order chi connectivity index (χ1) is 16.4. The topological polar surface area (TPSA) is 75.5 Å². The van der Waals surface area contributed by atoms with Crippen LogP contribution in [0.2, 0.25) is 0 Å². The van der Waals surface area contributed by atoms with E-state index in [1.165, 1.54) is 33.4 Å². The molecule has 4 heterocycles. The highest BCUT2D eigenvalue weighted by Crippen LogP contribution is 2.31. The van der Waals surface area contributed by atoms with Gasteiger partial charge in [-0.05, 0) is 56.2 Å². The van der Waals surface area contributed by atoms with Crippen molar-refractivity contribution in [1.29, 1.82) is 0 Å². The highest BCUT2D eigenvalue weighted by Gasteiger charge is 2.31. The van der Waals surface area contributed by atoms with Gasteiger partial charge in [-0.2, -0.15) is 0 Å². The zero-order valence-corrected chi connectivity index (χ0v) is 20.6. The molecule has 3 aromatic rings. The predicted molar refractivity (Wildman–Crippen MR) is 134 cm³/mol. The molecule has 0 bridgehead atoms. The molecule has 0 radical (unpaired) electrons. The molecule has 0 unspecified atom stereocenters. The van der Waals surface area contributed by atoms with E-state index in [-0.39, 0.29) is 29.8 Å². The molecule has 2 amide bonds. The Labute approximate surface area is 203 Å². The smallest absolute Gasteiger partial charge is 0.263 e. The van der Waals surface area contributed by atoms with Gasteiger partial charge in [-0.15, -0.1) is 11.3 Å². The van der Waals surface area contributed by atoms with Crippen molar-refractivity contribution in [3.63, 3.8) is 0 Å². The average Bonchev–Trinajstić information content (AvgIpc) is 3.53. The maximum atomic E-state index is 13.4. The molecule has 0 aliphatic carbocycles. The van der Waals surface area contributed by atoms with Crippen LogP contribution in [0.5, 0.6) is 0 Å². The molecule has 2 aliphatic rings. The number of nitrogens with zero attached hydrogens (tertiary/aromatic N) is 4. The summed E-state index contributed by atoms with van der Waals surface area (Å²) in [6.07, 6.45) is 5.04. The van der Waals surface area contributed by atoms with Gasteiger partial charge >= 0.3 is 0 Å². The second-order valence-corrected chi connectivity index (χ2v) is 10.4. The SMILES string of the molecule is Cc1ccc(-c2csc3ncn(CC(=O)N4CCC(C(=O)N5CCCC5)CC4)c(=O)c23)cc1C. The molecule has 2 fully saturated rings. The number of aromatic nitrogens is 2. The van der Waals surface area contributed by atoms with E-state index in [1.54, 1.807) is 4.90 Å². The number of hydrogen-bond donors (Lipinski definition) is 0. The van der Waals surface area contributed by atoms with E-state index in [4.69, 9.17) is 0 Å². The van der Waals surface area contributed by atoms with E-state index >= 15 is 0 Å². The molecular formula is C26H30N4O3S. The Balaban J connectivity index is 1.31. The number of carbonyl (C=O) groups excluding carboxylic acids is 2. The van der Waals surface area contributed by atoms with Crippen molar-refractivity contribution in [2.45, 2.75) is 46.1 Å². The Hall–Kier alpha value is -3.00. The molecule has 0 spiro atoms. The summed E-state index contributed by atoms with van der Waals surface area (Å²) in [6.45, 7) is 6.93. The number of rotatable bonds is 4. The molecule has 8 heteroatoms. The van der Waals surface area contributed by atoms with Gasteiger partial charge in [-0.3, -0.25) is 19.0 Å². The molecule has 0 N–H and O–H groups in total. The first-order valence-electron chi connectivity index (χ1n) is 12.0. The number of carbonyl (C=O) groups is 2. The lowest BCUT2D eigenvalue weighted by Crippen LogP contribution is -2.45. The summed E-state index contributed by atoms with van der Waals surface area (Å²) in [7, 11) is 0. The monoisotopic (exact) mass is 478 g/mol. The standard InChI is InChI=1S/C26H30N4O3S/c1-17-5-6-20(13-18(17)2)21-15-34-24-23(21)26(33)30(16-27-24)14-22(31)28-11-7-19(8-12-28)25(32)29-9-3-4-10-29/h5-6,13,15-16,19H,3-4,7-12,14H2,1-2H3. The van der Waals surface area contributed by atoms with Gasteiger partial charge in [0.05, 0.1) is 11.7 Å². The van der Waals surface area contributed by atoms with Crippen LogP contribution >= 0.6 is 11.3 Å². The summed E-state index contributed by atoms with van der Waals surface area (Å²) in [5.41, 5.74) is 4.04. The largest absolute Gasteiger partial charge is 0.342 e. The Morgan fingerprint density at radius 1 is 1.03 bits per heavy atom. The van der Waals surface area contributed by atoms with Crippen molar-refractivity contribution in [2.75, 3.05) is 26.2 Å². The van der Waals surface area contributed by atoms with Crippen molar-refractivity contribution < 1.29 is 9.59 Å². The second-order valence-electron chi connectivity index (χ2n) is 9.49. The maximum Gasteiger partial charge on any atom is 0.263 e. The van der Waals surface area contributed by atoms with Crippen molar-refractivity contribution in [1.82, 2.24) is 19.4 Å². The molecule has 34 heavy (non-hydrogen) atoms. The lowest BCUT2D eigenvalue weighted by atomic mass is 9.95. The van der Waals surface area contributed by atoms with E-state index in [0.717, 1.165) is 37.1 Å². The maximum absolute atomic E-state index is 13.4. The van der Waals surface area contributed by atoms with Crippen molar-refractivity contribution in [3.05, 3.63) is 51.4 Å². The Bertz CT molecular complexity index is 1300. The van der Waals surface area contributed by atoms with Crippen LogP contribution in [0.15, 0.2) is 34.7 Å². The van der Waals surface area contributed by atoms with E-state index in [2.05, 4.69) is 31.0 Å². The van der Waals surface area contributed by atoms with Gasteiger partial charge in [0.15, 0.2) is 0 Å². The van der Waals surface area contributed by atoms with Crippen LogP contribution in [0.1, 0.15) is 36.8 Å². The molecule has 178 valence electrons. The zero-order chi connectivity index (χ0) is 23.8. The number of piperidine rings is 1. The number of hydrogen-bond acceptors (Lipinski definition) is 5. The summed E-state index contributed by atoms with van der Waals surface area (Å²) in [6, 6.07) is 6.18. The van der Waals surface area contributed by atoms with Crippen LogP contribution < -0.4 is 5.56 Å². The molecular weight excluding hydrogens is 448 g/mol. The molecule has 2 aromatic heterocycles. The van der Waals surface area contributed by atoms with Crippen molar-refractivity contribution in [3.8, 4) is 11.1 Å². The zero-order valence-electron chi connectivity index (χ0n) is 19.7. The third kappa shape index (κ3) is 4.27. The lowest BCUT2D eigenvalue weighted by Gasteiger charge is -2.33. The fraction of sp³-hybridized carbons (Fsp3) is 0.462. The number of likely N-dealkylation sites (tertiary alicyclic amines) is 2. The fourth-order valence-electron chi connectivity index (χ4n) is 5.02. The number of fused-ring (bicyclic) bond motifs is 1. The third-order valence-corrected chi connectivity index (χ3v) is 8.19. The van der Waals surface area contributed by atoms with Crippen LogP contribution in [0, 0.1) is 19.8 Å². The Morgan fingerprint density at radius 2 is 1.76 bits per heavy atom. The number of benzene rings is 1. The van der Waals surface area contributed by atoms with E-state index in [9.17, 15) is 14.4 Å². The molecule has 2 saturated heterocycles. The highest BCUT2D eigenvalue weighted by molar-refractivity contribution is 7.17. The predicted octanol–water partition coefficient (Wildman–Crippen LogP) is 3.60. The third-order valence-electron chi connectivity index (χ3n) is 7.30. The Kier molecular flexibility index (Phi) is 6.25. The van der Waals surface area contributed by atoms with E-state index < -0.39 is 0 Å². The molecule has 0 saturated carbocycles. The number of thiophene rings is 1. The van der Waals surface area contributed by atoms with E-state index in [0.29, 0.717) is 36.1 Å². The van der Waals surface area contributed by atoms with Gasteiger partial charge in [0.1, 0.15) is 11.4 Å². The van der Waals surface area contributed by atoms with Crippen LogP contribution in [-0.4, -0.2) is 57.3 Å². The van der Waals surface area contributed by atoms with Gasteiger partial charge in [-0.25, -0.2) is 4.98 Å². The van der Waals surface area contributed by atoms with Gasteiger partial charge < -0.3 is 9.80 Å². The van der Waals surface area contributed by atoms with Gasteiger partial charge in [0.2, 0.25) is 11.8 Å². The normalized spacial score (nSPS) is 17.0. The minimum atomic E-state index is -0.188. The van der Waals surface area contributed by atoms with Crippen molar-refractivity contribution in [2.24, 2.45) is 5.92 Å². The second kappa shape index (κ2) is 9.33. The fourth-order valence-corrected chi connectivity index (χ4v) is 5.93. The van der Waals surface area contributed by atoms with Crippen LogP contribution in [0.3, 0.4) is 0 Å². The molecule has 5 rings (SSSR count). The quantitative estimate of drug-likeness (QED) is 0.574. The highest BCUT2D eigenvalue weighted by atomic mass is 32.1. The van der Waals surface area contributed by atoms with Gasteiger partial charge in [-0.1, -0.05) is 18.2 Å². The minimum absolute atomic E-state index is 0.00854. The molecule has 1 aromatic carbocycles. The van der Waals surface area contributed by atoms with Crippen molar-refractivity contribution >= 4 is 33.4 Å². The number of amides is 2. The molecule has 7 nitrogen and oxygen atoms in total. The van der Waals surface area contributed by atoms with E-state index in [1.807, 2.05) is 16.3 Å². The summed E-state index contributed by atoms with van der Waals surface area (Å²) >= 11 is 1.45.